The SMILES string of the molecule is COc1cc(N=C(N)C2CCCCC2)c(OC)cc1Cl. The van der Waals surface area contributed by atoms with Crippen LogP contribution in [0.4, 0.5) is 5.69 Å². The number of hydrogen-bond donors (Lipinski definition) is 1. The van der Waals surface area contributed by atoms with E-state index in [1.807, 2.05) is 0 Å². The van der Waals surface area contributed by atoms with Crippen molar-refractivity contribution >= 4 is 23.1 Å². The van der Waals surface area contributed by atoms with Crippen molar-refractivity contribution < 1.29 is 9.47 Å². The van der Waals surface area contributed by atoms with Crippen LogP contribution in [0.15, 0.2) is 17.1 Å². The van der Waals surface area contributed by atoms with Gasteiger partial charge in [0.2, 0.25) is 0 Å². The maximum Gasteiger partial charge on any atom is 0.146 e. The molecule has 1 aromatic rings. The highest BCUT2D eigenvalue weighted by Crippen LogP contribution is 2.38. The predicted octanol–water partition coefficient (Wildman–Crippen LogP) is 3.93. The van der Waals surface area contributed by atoms with E-state index in [1.54, 1.807) is 26.4 Å². The Morgan fingerprint density at radius 1 is 1.15 bits per heavy atom. The number of rotatable bonds is 4. The molecule has 0 aromatic heterocycles. The van der Waals surface area contributed by atoms with E-state index in [0.29, 0.717) is 34.0 Å². The number of hydrogen-bond acceptors (Lipinski definition) is 3. The van der Waals surface area contributed by atoms with E-state index in [2.05, 4.69) is 4.99 Å². The molecule has 1 fully saturated rings. The van der Waals surface area contributed by atoms with Gasteiger partial charge in [0.05, 0.1) is 19.2 Å². The van der Waals surface area contributed by atoms with Gasteiger partial charge < -0.3 is 15.2 Å². The summed E-state index contributed by atoms with van der Waals surface area (Å²) in [6.45, 7) is 0. The summed E-state index contributed by atoms with van der Waals surface area (Å²) in [6, 6.07) is 3.46. The largest absolute Gasteiger partial charge is 0.495 e. The lowest BCUT2D eigenvalue weighted by Crippen LogP contribution is -2.25. The third-order valence-electron chi connectivity index (χ3n) is 3.73. The van der Waals surface area contributed by atoms with Crippen molar-refractivity contribution in [3.63, 3.8) is 0 Å². The number of amidine groups is 1. The fourth-order valence-corrected chi connectivity index (χ4v) is 2.79. The first-order valence-corrected chi connectivity index (χ1v) is 7.29. The van der Waals surface area contributed by atoms with Crippen molar-refractivity contribution in [3.8, 4) is 11.5 Å². The van der Waals surface area contributed by atoms with E-state index < -0.39 is 0 Å². The van der Waals surface area contributed by atoms with Gasteiger partial charge in [-0.25, -0.2) is 4.99 Å². The third-order valence-corrected chi connectivity index (χ3v) is 4.02. The third kappa shape index (κ3) is 3.37. The number of benzene rings is 1. The number of methoxy groups -OCH3 is 2. The molecule has 4 nitrogen and oxygen atoms in total. The van der Waals surface area contributed by atoms with Crippen molar-refractivity contribution in [3.05, 3.63) is 17.2 Å². The normalized spacial score (nSPS) is 17.1. The van der Waals surface area contributed by atoms with Gasteiger partial charge in [-0.1, -0.05) is 30.9 Å². The molecule has 0 radical (unpaired) electrons. The fraction of sp³-hybridized carbons (Fsp3) is 0.533. The molecule has 0 saturated heterocycles. The summed E-state index contributed by atoms with van der Waals surface area (Å²) in [4.78, 5) is 4.53. The lowest BCUT2D eigenvalue weighted by molar-refractivity contribution is 0.404. The maximum atomic E-state index is 6.15. The fourth-order valence-electron chi connectivity index (χ4n) is 2.56. The van der Waals surface area contributed by atoms with Crippen LogP contribution in [0.3, 0.4) is 0 Å². The van der Waals surface area contributed by atoms with E-state index in [-0.39, 0.29) is 0 Å². The molecule has 0 atom stereocenters. The van der Waals surface area contributed by atoms with Crippen LogP contribution in [0.25, 0.3) is 0 Å². The van der Waals surface area contributed by atoms with E-state index in [4.69, 9.17) is 26.8 Å². The van der Waals surface area contributed by atoms with Crippen LogP contribution in [-0.2, 0) is 0 Å². The van der Waals surface area contributed by atoms with Crippen molar-refractivity contribution in [1.29, 1.82) is 0 Å². The van der Waals surface area contributed by atoms with Crippen molar-refractivity contribution in [1.82, 2.24) is 0 Å². The van der Waals surface area contributed by atoms with Crippen LogP contribution in [0.5, 0.6) is 11.5 Å². The van der Waals surface area contributed by atoms with E-state index in [9.17, 15) is 0 Å². The van der Waals surface area contributed by atoms with Crippen LogP contribution < -0.4 is 15.2 Å². The Balaban J connectivity index is 2.30. The molecule has 0 aliphatic heterocycles. The van der Waals surface area contributed by atoms with E-state index >= 15 is 0 Å². The molecule has 0 bridgehead atoms. The minimum atomic E-state index is 0.370. The smallest absolute Gasteiger partial charge is 0.146 e. The molecule has 20 heavy (non-hydrogen) atoms. The van der Waals surface area contributed by atoms with Crippen LogP contribution in [0, 0.1) is 5.92 Å². The first-order chi connectivity index (χ1) is 9.65. The summed E-state index contributed by atoms with van der Waals surface area (Å²) in [6.07, 6.45) is 5.97. The van der Waals surface area contributed by atoms with Crippen molar-refractivity contribution in [2.24, 2.45) is 16.6 Å². The van der Waals surface area contributed by atoms with Crippen molar-refractivity contribution in [2.75, 3.05) is 14.2 Å². The van der Waals surface area contributed by atoms with Gasteiger partial charge in [-0.05, 0) is 12.8 Å². The van der Waals surface area contributed by atoms with Crippen LogP contribution >= 0.6 is 11.6 Å². The quantitative estimate of drug-likeness (QED) is 0.676. The zero-order chi connectivity index (χ0) is 14.5. The Hall–Kier alpha value is -1.42. The highest BCUT2D eigenvalue weighted by atomic mass is 35.5. The molecule has 1 aromatic carbocycles. The Bertz CT molecular complexity index is 497. The maximum absolute atomic E-state index is 6.15. The summed E-state index contributed by atoms with van der Waals surface area (Å²) in [5, 5.41) is 0.500. The number of ether oxygens (including phenoxy) is 2. The average Bonchev–Trinajstić information content (AvgIpc) is 2.49. The molecular weight excluding hydrogens is 276 g/mol. The highest BCUT2D eigenvalue weighted by molar-refractivity contribution is 6.32. The summed E-state index contributed by atoms with van der Waals surface area (Å²) < 4.78 is 10.5. The second kappa shape index (κ2) is 6.84. The van der Waals surface area contributed by atoms with Gasteiger partial charge in [-0.2, -0.15) is 0 Å². The first-order valence-electron chi connectivity index (χ1n) is 6.91. The van der Waals surface area contributed by atoms with Gasteiger partial charge >= 0.3 is 0 Å². The van der Waals surface area contributed by atoms with E-state index in [0.717, 1.165) is 12.8 Å². The van der Waals surface area contributed by atoms with Crippen LogP contribution in [-0.4, -0.2) is 20.1 Å². The molecule has 0 unspecified atom stereocenters. The minimum Gasteiger partial charge on any atom is -0.495 e. The molecule has 0 amide bonds. The lowest BCUT2D eigenvalue weighted by atomic mass is 9.88. The number of nitrogens with zero attached hydrogens (tertiary/aromatic N) is 1. The zero-order valence-electron chi connectivity index (χ0n) is 12.0. The summed E-state index contributed by atoms with van der Waals surface area (Å²) in [5.74, 6) is 2.22. The van der Waals surface area contributed by atoms with E-state index in [1.165, 1.54) is 19.3 Å². The zero-order valence-corrected chi connectivity index (χ0v) is 12.7. The standard InChI is InChI=1S/C15H21ClN2O2/c1-19-13-9-12(14(20-2)8-11(13)16)18-15(17)10-6-4-3-5-7-10/h8-10H,3-7H2,1-2H3,(H2,17,18). The molecule has 2 N–H and O–H groups in total. The lowest BCUT2D eigenvalue weighted by Gasteiger charge is -2.21. The monoisotopic (exact) mass is 296 g/mol. The Morgan fingerprint density at radius 3 is 2.40 bits per heavy atom. The number of aliphatic imine (C=N–C) groups is 1. The van der Waals surface area contributed by atoms with Gasteiger partial charge in [0.25, 0.3) is 0 Å². The van der Waals surface area contributed by atoms with Gasteiger partial charge in [0, 0.05) is 18.1 Å². The molecule has 2 rings (SSSR count). The average molecular weight is 297 g/mol. The molecule has 0 heterocycles. The first kappa shape index (κ1) is 15.0. The highest BCUT2D eigenvalue weighted by Gasteiger charge is 2.18. The van der Waals surface area contributed by atoms with Gasteiger partial charge in [0.15, 0.2) is 0 Å². The molecule has 110 valence electrons. The minimum absolute atomic E-state index is 0.370. The van der Waals surface area contributed by atoms with Gasteiger partial charge in [-0.3, -0.25) is 0 Å². The van der Waals surface area contributed by atoms with Crippen molar-refractivity contribution in [2.45, 2.75) is 32.1 Å². The molecule has 1 aliphatic rings. The Morgan fingerprint density at radius 2 is 1.80 bits per heavy atom. The molecular formula is C15H21ClN2O2. The van der Waals surface area contributed by atoms with Gasteiger partial charge in [0.1, 0.15) is 23.0 Å². The van der Waals surface area contributed by atoms with Crippen LogP contribution in [0.2, 0.25) is 5.02 Å². The molecule has 1 aliphatic carbocycles. The van der Waals surface area contributed by atoms with Crippen LogP contribution in [0.1, 0.15) is 32.1 Å². The van der Waals surface area contributed by atoms with Gasteiger partial charge in [-0.15, -0.1) is 0 Å². The Labute approximate surface area is 124 Å². The topological polar surface area (TPSA) is 56.8 Å². The number of nitrogens with two attached hydrogens (primary N) is 1. The summed E-state index contributed by atoms with van der Waals surface area (Å²) in [5.41, 5.74) is 6.82. The molecule has 0 spiro atoms. The summed E-state index contributed by atoms with van der Waals surface area (Å²) in [7, 11) is 3.17. The predicted molar refractivity (Wildman–Crippen MR) is 82.4 cm³/mol. The Kier molecular flexibility index (Phi) is 5.12. The second-order valence-corrected chi connectivity index (χ2v) is 5.44. The second-order valence-electron chi connectivity index (χ2n) is 5.03. The molecule has 5 heteroatoms. The molecule has 1 saturated carbocycles. The number of halogens is 1. The summed E-state index contributed by atoms with van der Waals surface area (Å²) >= 11 is 6.08.